The third-order valence-corrected chi connectivity index (χ3v) is 5.78. The number of nitrogens with zero attached hydrogens (tertiary/aromatic N) is 1. The fourth-order valence-electron chi connectivity index (χ4n) is 3.98. The lowest BCUT2D eigenvalue weighted by atomic mass is 9.70. The molecule has 2 heteroatoms. The SMILES string of the molecule is SCC1(CN2CC3CCCC3C2)CCC1. The van der Waals surface area contributed by atoms with E-state index in [-0.39, 0.29) is 0 Å². The first kappa shape index (κ1) is 10.5. The van der Waals surface area contributed by atoms with E-state index in [4.69, 9.17) is 0 Å². The zero-order valence-electron chi connectivity index (χ0n) is 9.62. The van der Waals surface area contributed by atoms with Gasteiger partial charge in [-0.1, -0.05) is 12.8 Å². The van der Waals surface area contributed by atoms with E-state index in [9.17, 15) is 0 Å². The molecule has 0 bridgehead atoms. The summed E-state index contributed by atoms with van der Waals surface area (Å²) in [4.78, 5) is 2.75. The van der Waals surface area contributed by atoms with Crippen molar-refractivity contribution in [3.8, 4) is 0 Å². The largest absolute Gasteiger partial charge is 0.302 e. The van der Waals surface area contributed by atoms with Gasteiger partial charge in [-0.05, 0) is 48.7 Å². The highest BCUT2D eigenvalue weighted by Crippen LogP contribution is 2.45. The van der Waals surface area contributed by atoms with Crippen LogP contribution in [0.15, 0.2) is 0 Å². The predicted molar refractivity (Wildman–Crippen MR) is 67.4 cm³/mol. The third kappa shape index (κ3) is 1.84. The number of rotatable bonds is 3. The summed E-state index contributed by atoms with van der Waals surface area (Å²) in [5, 5.41) is 0. The minimum Gasteiger partial charge on any atom is -0.302 e. The molecule has 2 atom stereocenters. The van der Waals surface area contributed by atoms with Crippen LogP contribution in [0, 0.1) is 17.3 Å². The molecule has 0 spiro atoms. The number of thiol groups is 1. The molecular formula is C13H23NS. The highest BCUT2D eigenvalue weighted by Gasteiger charge is 2.42. The van der Waals surface area contributed by atoms with Gasteiger partial charge in [-0.2, -0.15) is 12.6 Å². The molecule has 2 unspecified atom stereocenters. The average Bonchev–Trinajstić information content (AvgIpc) is 2.70. The number of hydrogen-bond acceptors (Lipinski definition) is 2. The Bertz CT molecular complexity index is 219. The molecule has 86 valence electrons. The maximum atomic E-state index is 4.56. The molecule has 0 amide bonds. The van der Waals surface area contributed by atoms with Gasteiger partial charge in [0.25, 0.3) is 0 Å². The van der Waals surface area contributed by atoms with Crippen LogP contribution in [-0.4, -0.2) is 30.3 Å². The van der Waals surface area contributed by atoms with Gasteiger partial charge in [-0.3, -0.25) is 0 Å². The Balaban J connectivity index is 1.56. The van der Waals surface area contributed by atoms with Crippen LogP contribution in [0.25, 0.3) is 0 Å². The second kappa shape index (κ2) is 3.96. The lowest BCUT2D eigenvalue weighted by Gasteiger charge is -2.43. The molecule has 1 nitrogen and oxygen atoms in total. The molecule has 0 N–H and O–H groups in total. The van der Waals surface area contributed by atoms with Crippen LogP contribution in [0.5, 0.6) is 0 Å². The van der Waals surface area contributed by atoms with E-state index in [0.717, 1.165) is 17.6 Å². The maximum absolute atomic E-state index is 4.56. The summed E-state index contributed by atoms with van der Waals surface area (Å²) in [5.41, 5.74) is 0.613. The van der Waals surface area contributed by atoms with Gasteiger partial charge in [0.1, 0.15) is 0 Å². The van der Waals surface area contributed by atoms with Gasteiger partial charge in [0.05, 0.1) is 0 Å². The van der Waals surface area contributed by atoms with Crippen LogP contribution in [0.2, 0.25) is 0 Å². The Hall–Kier alpha value is 0.310. The molecule has 1 heterocycles. The van der Waals surface area contributed by atoms with Crippen molar-refractivity contribution in [3.63, 3.8) is 0 Å². The highest BCUT2D eigenvalue weighted by molar-refractivity contribution is 7.80. The standard InChI is InChI=1S/C13H23NS/c15-10-13(5-2-6-13)9-14-7-11-3-1-4-12(11)8-14/h11-12,15H,1-10H2. The fraction of sp³-hybridized carbons (Fsp3) is 1.00. The van der Waals surface area contributed by atoms with E-state index in [2.05, 4.69) is 17.5 Å². The molecule has 3 rings (SSSR count). The number of hydrogen-bond donors (Lipinski definition) is 1. The van der Waals surface area contributed by atoms with Crippen molar-refractivity contribution in [2.45, 2.75) is 38.5 Å². The van der Waals surface area contributed by atoms with Crippen molar-refractivity contribution in [2.75, 3.05) is 25.4 Å². The summed E-state index contributed by atoms with van der Waals surface area (Å²) in [7, 11) is 0. The second-order valence-corrected chi connectivity index (χ2v) is 6.47. The van der Waals surface area contributed by atoms with Crippen LogP contribution < -0.4 is 0 Å². The number of fused-ring (bicyclic) bond motifs is 1. The van der Waals surface area contributed by atoms with E-state index in [1.165, 1.54) is 58.2 Å². The molecule has 0 aromatic carbocycles. The Morgan fingerprint density at radius 3 is 2.20 bits per heavy atom. The summed E-state index contributed by atoms with van der Waals surface area (Å²) in [5.74, 6) is 3.22. The van der Waals surface area contributed by atoms with Crippen molar-refractivity contribution in [3.05, 3.63) is 0 Å². The van der Waals surface area contributed by atoms with E-state index < -0.39 is 0 Å². The van der Waals surface area contributed by atoms with Crippen molar-refractivity contribution >= 4 is 12.6 Å². The topological polar surface area (TPSA) is 3.24 Å². The Morgan fingerprint density at radius 1 is 1.07 bits per heavy atom. The summed E-state index contributed by atoms with van der Waals surface area (Å²) in [6, 6.07) is 0. The first-order chi connectivity index (χ1) is 7.31. The molecule has 0 aromatic rings. The molecule has 2 saturated carbocycles. The summed E-state index contributed by atoms with van der Waals surface area (Å²) >= 11 is 4.56. The average molecular weight is 225 g/mol. The normalized spacial score (nSPS) is 39.0. The smallest absolute Gasteiger partial charge is 0.00460 e. The minimum absolute atomic E-state index is 0.613. The van der Waals surface area contributed by atoms with Crippen LogP contribution in [-0.2, 0) is 0 Å². The zero-order valence-corrected chi connectivity index (χ0v) is 10.5. The van der Waals surface area contributed by atoms with Gasteiger partial charge in [0.15, 0.2) is 0 Å². The van der Waals surface area contributed by atoms with E-state index in [0.29, 0.717) is 5.41 Å². The highest BCUT2D eigenvalue weighted by atomic mass is 32.1. The molecule has 3 fully saturated rings. The first-order valence-corrected chi connectivity index (χ1v) is 7.28. The van der Waals surface area contributed by atoms with Crippen LogP contribution in [0.3, 0.4) is 0 Å². The van der Waals surface area contributed by atoms with Crippen LogP contribution in [0.4, 0.5) is 0 Å². The maximum Gasteiger partial charge on any atom is 0.00460 e. The second-order valence-electron chi connectivity index (χ2n) is 6.16. The Morgan fingerprint density at radius 2 is 1.73 bits per heavy atom. The fourth-order valence-corrected chi connectivity index (χ4v) is 4.39. The summed E-state index contributed by atoms with van der Waals surface area (Å²) in [6.07, 6.45) is 8.83. The molecule has 2 aliphatic carbocycles. The van der Waals surface area contributed by atoms with Crippen molar-refractivity contribution in [1.82, 2.24) is 4.90 Å². The van der Waals surface area contributed by atoms with Crippen molar-refractivity contribution in [1.29, 1.82) is 0 Å². The molecular weight excluding hydrogens is 202 g/mol. The van der Waals surface area contributed by atoms with Crippen LogP contribution >= 0.6 is 12.6 Å². The molecule has 1 saturated heterocycles. The quantitative estimate of drug-likeness (QED) is 0.723. The minimum atomic E-state index is 0.613. The summed E-state index contributed by atoms with van der Waals surface area (Å²) < 4.78 is 0. The Kier molecular flexibility index (Phi) is 2.76. The van der Waals surface area contributed by atoms with Gasteiger partial charge >= 0.3 is 0 Å². The molecule has 0 radical (unpaired) electrons. The lowest BCUT2D eigenvalue weighted by Crippen LogP contribution is -2.43. The first-order valence-electron chi connectivity index (χ1n) is 6.65. The van der Waals surface area contributed by atoms with Gasteiger partial charge in [-0.15, -0.1) is 0 Å². The van der Waals surface area contributed by atoms with Crippen molar-refractivity contribution < 1.29 is 0 Å². The molecule has 1 aliphatic heterocycles. The third-order valence-electron chi connectivity index (χ3n) is 5.11. The van der Waals surface area contributed by atoms with Gasteiger partial charge in [0, 0.05) is 19.6 Å². The molecule has 15 heavy (non-hydrogen) atoms. The Labute approximate surface area is 99.0 Å². The monoisotopic (exact) mass is 225 g/mol. The molecule has 0 aromatic heterocycles. The van der Waals surface area contributed by atoms with Gasteiger partial charge in [0.2, 0.25) is 0 Å². The number of likely N-dealkylation sites (tertiary alicyclic amines) is 1. The van der Waals surface area contributed by atoms with Crippen molar-refractivity contribution in [2.24, 2.45) is 17.3 Å². The van der Waals surface area contributed by atoms with E-state index in [1.54, 1.807) is 0 Å². The molecule has 3 aliphatic rings. The van der Waals surface area contributed by atoms with E-state index in [1.807, 2.05) is 0 Å². The summed E-state index contributed by atoms with van der Waals surface area (Å²) in [6.45, 7) is 4.16. The van der Waals surface area contributed by atoms with E-state index >= 15 is 0 Å². The van der Waals surface area contributed by atoms with Gasteiger partial charge in [-0.25, -0.2) is 0 Å². The lowest BCUT2D eigenvalue weighted by molar-refractivity contribution is 0.0995. The predicted octanol–water partition coefficient (Wildman–Crippen LogP) is 2.82. The van der Waals surface area contributed by atoms with Crippen LogP contribution in [0.1, 0.15) is 38.5 Å². The zero-order chi connectivity index (χ0) is 10.3. The van der Waals surface area contributed by atoms with Gasteiger partial charge < -0.3 is 4.90 Å².